The van der Waals surface area contributed by atoms with E-state index in [4.69, 9.17) is 4.74 Å². The fourth-order valence-electron chi connectivity index (χ4n) is 3.11. The van der Waals surface area contributed by atoms with E-state index in [2.05, 4.69) is 0 Å². The van der Waals surface area contributed by atoms with Gasteiger partial charge in [0, 0.05) is 11.1 Å². The van der Waals surface area contributed by atoms with E-state index in [0.29, 0.717) is 22.4 Å². The topological polar surface area (TPSA) is 66.4 Å². The molecule has 3 aromatic carbocycles. The van der Waals surface area contributed by atoms with Crippen molar-refractivity contribution < 1.29 is 17.7 Å². The van der Waals surface area contributed by atoms with Crippen LogP contribution in [0.2, 0.25) is 0 Å². The summed E-state index contributed by atoms with van der Waals surface area (Å²) < 4.78 is 41.6. The van der Waals surface area contributed by atoms with E-state index in [-0.39, 0.29) is 4.90 Å². The van der Waals surface area contributed by atoms with E-state index in [1.807, 2.05) is 56.3 Å². The average Bonchev–Trinajstić information content (AvgIpc) is 2.61. The first kappa shape index (κ1) is 18.2. The van der Waals surface area contributed by atoms with Crippen LogP contribution in [0.3, 0.4) is 0 Å². The molecule has 0 unspecified atom stereocenters. The summed E-state index contributed by atoms with van der Waals surface area (Å²) in [5.74, 6) is 0.518. The summed E-state index contributed by atoms with van der Waals surface area (Å²) in [5.41, 5.74) is 4.29. The highest BCUT2D eigenvalue weighted by atomic mass is 32.2. The van der Waals surface area contributed by atoms with Crippen molar-refractivity contribution in [2.45, 2.75) is 18.7 Å². The van der Waals surface area contributed by atoms with Gasteiger partial charge in [0.05, 0.1) is 12.0 Å². The molecule has 26 heavy (non-hydrogen) atoms. The van der Waals surface area contributed by atoms with Gasteiger partial charge in [-0.05, 0) is 48.2 Å². The van der Waals surface area contributed by atoms with Crippen LogP contribution in [0, 0.1) is 13.8 Å². The second kappa shape index (κ2) is 6.94. The molecule has 0 spiro atoms. The maximum Gasteiger partial charge on any atom is 0.127 e. The van der Waals surface area contributed by atoms with Crippen LogP contribution in [0.1, 0.15) is 11.1 Å². The van der Waals surface area contributed by atoms with Crippen LogP contribution < -0.4 is 4.74 Å². The lowest BCUT2D eigenvalue weighted by Crippen LogP contribution is -2.04. The van der Waals surface area contributed by atoms with Crippen LogP contribution in [0.15, 0.2) is 65.6 Å². The molecular weight excluding hydrogens is 348 g/mol. The molecular formula is C21H19O4S-. The monoisotopic (exact) mass is 367 g/mol. The van der Waals surface area contributed by atoms with Gasteiger partial charge in [-0.2, -0.15) is 0 Å². The van der Waals surface area contributed by atoms with E-state index >= 15 is 0 Å². The molecule has 3 aromatic rings. The molecule has 0 N–H and O–H groups in total. The largest absolute Gasteiger partial charge is 0.744 e. The Morgan fingerprint density at radius 2 is 1.27 bits per heavy atom. The molecule has 0 saturated carbocycles. The molecule has 0 aliphatic heterocycles. The Morgan fingerprint density at radius 3 is 1.73 bits per heavy atom. The van der Waals surface area contributed by atoms with E-state index < -0.39 is 10.1 Å². The molecule has 0 radical (unpaired) electrons. The second-order valence-electron chi connectivity index (χ2n) is 6.13. The van der Waals surface area contributed by atoms with Gasteiger partial charge in [0.1, 0.15) is 15.9 Å². The molecule has 134 valence electrons. The zero-order valence-electron chi connectivity index (χ0n) is 14.8. The van der Waals surface area contributed by atoms with Gasteiger partial charge in [-0.15, -0.1) is 0 Å². The molecule has 0 aliphatic rings. The SMILES string of the molecule is COc1cc(-c2ccccc2C)c(S(=O)(=O)[O-])cc1-c1ccccc1C. The summed E-state index contributed by atoms with van der Waals surface area (Å²) >= 11 is 0. The minimum atomic E-state index is -4.67. The van der Waals surface area contributed by atoms with Gasteiger partial charge >= 0.3 is 0 Å². The first-order chi connectivity index (χ1) is 12.3. The van der Waals surface area contributed by atoms with E-state index in [1.165, 1.54) is 13.2 Å². The number of benzene rings is 3. The Labute approximate surface area is 153 Å². The maximum atomic E-state index is 12.0. The summed E-state index contributed by atoms with van der Waals surface area (Å²) in [5, 5.41) is 0. The lowest BCUT2D eigenvalue weighted by Gasteiger charge is -2.20. The normalized spacial score (nSPS) is 11.4. The minimum Gasteiger partial charge on any atom is -0.744 e. The highest BCUT2D eigenvalue weighted by Crippen LogP contribution is 2.40. The second-order valence-corrected chi connectivity index (χ2v) is 7.48. The number of rotatable bonds is 4. The van der Waals surface area contributed by atoms with Gasteiger partial charge in [-0.25, -0.2) is 8.42 Å². The van der Waals surface area contributed by atoms with E-state index in [9.17, 15) is 13.0 Å². The Kier molecular flexibility index (Phi) is 4.85. The zero-order valence-corrected chi connectivity index (χ0v) is 15.6. The molecule has 5 heteroatoms. The van der Waals surface area contributed by atoms with Crippen molar-refractivity contribution in [3.8, 4) is 28.0 Å². The Bertz CT molecular complexity index is 1070. The minimum absolute atomic E-state index is 0.245. The molecule has 4 nitrogen and oxygen atoms in total. The van der Waals surface area contributed by atoms with Crippen molar-refractivity contribution in [1.29, 1.82) is 0 Å². The fraction of sp³-hybridized carbons (Fsp3) is 0.143. The standard InChI is InChI=1S/C21H20O4S/c1-14-8-4-6-10-16(14)18-13-21(26(22,23)24)19(12-20(18)25-3)17-11-7-5-9-15(17)2/h4-13H,1-3H3,(H,22,23,24)/p-1. The molecule has 0 aliphatic carbocycles. The summed E-state index contributed by atoms with van der Waals surface area (Å²) in [6.45, 7) is 3.80. The molecule has 3 rings (SSSR count). The van der Waals surface area contributed by atoms with Crippen molar-refractivity contribution >= 4 is 10.1 Å². The fourth-order valence-corrected chi connectivity index (χ4v) is 3.81. The molecule has 0 amide bonds. The summed E-state index contributed by atoms with van der Waals surface area (Å²) in [6.07, 6.45) is 0. The lowest BCUT2D eigenvalue weighted by molar-refractivity contribution is 0.416. The van der Waals surface area contributed by atoms with Crippen LogP contribution in [0.5, 0.6) is 5.75 Å². The Morgan fingerprint density at radius 1 is 0.769 bits per heavy atom. The van der Waals surface area contributed by atoms with Gasteiger partial charge in [-0.1, -0.05) is 48.5 Å². The van der Waals surface area contributed by atoms with Gasteiger partial charge in [-0.3, -0.25) is 0 Å². The summed E-state index contributed by atoms with van der Waals surface area (Å²) in [4.78, 5) is -0.245. The van der Waals surface area contributed by atoms with Crippen LogP contribution in [0.4, 0.5) is 0 Å². The number of ether oxygens (including phenoxy) is 1. The predicted octanol–water partition coefficient (Wildman–Crippen LogP) is 4.55. The lowest BCUT2D eigenvalue weighted by atomic mass is 9.95. The zero-order chi connectivity index (χ0) is 18.9. The molecule has 0 bridgehead atoms. The number of hydrogen-bond acceptors (Lipinski definition) is 4. The van der Waals surface area contributed by atoms with E-state index in [1.54, 1.807) is 12.1 Å². The van der Waals surface area contributed by atoms with Crippen molar-refractivity contribution in [3.63, 3.8) is 0 Å². The maximum absolute atomic E-state index is 12.0. The van der Waals surface area contributed by atoms with Gasteiger partial charge in [0.2, 0.25) is 0 Å². The highest BCUT2D eigenvalue weighted by molar-refractivity contribution is 7.85. The van der Waals surface area contributed by atoms with Gasteiger partial charge in [0.25, 0.3) is 0 Å². The third-order valence-electron chi connectivity index (χ3n) is 4.44. The first-order valence-electron chi connectivity index (χ1n) is 8.13. The smallest absolute Gasteiger partial charge is 0.127 e. The van der Waals surface area contributed by atoms with Crippen LogP contribution >= 0.6 is 0 Å². The van der Waals surface area contributed by atoms with Gasteiger partial charge in [0.15, 0.2) is 0 Å². The van der Waals surface area contributed by atoms with E-state index in [0.717, 1.165) is 16.7 Å². The third kappa shape index (κ3) is 3.36. The number of aryl methyl sites for hydroxylation is 2. The Hall–Kier alpha value is -2.63. The van der Waals surface area contributed by atoms with Gasteiger partial charge < -0.3 is 9.29 Å². The molecule has 0 aromatic heterocycles. The summed E-state index contributed by atoms with van der Waals surface area (Å²) in [7, 11) is -3.14. The van der Waals surface area contributed by atoms with Crippen molar-refractivity contribution in [2.75, 3.05) is 7.11 Å². The first-order valence-corrected chi connectivity index (χ1v) is 9.53. The van der Waals surface area contributed by atoms with Crippen molar-refractivity contribution in [1.82, 2.24) is 0 Å². The third-order valence-corrected chi connectivity index (χ3v) is 5.32. The predicted molar refractivity (Wildman–Crippen MR) is 101 cm³/mol. The highest BCUT2D eigenvalue weighted by Gasteiger charge is 2.19. The Balaban J connectivity index is 2.38. The molecule has 0 atom stereocenters. The quantitative estimate of drug-likeness (QED) is 0.635. The number of hydrogen-bond donors (Lipinski definition) is 0. The molecule has 0 heterocycles. The molecule has 0 saturated heterocycles. The average molecular weight is 367 g/mol. The summed E-state index contributed by atoms with van der Waals surface area (Å²) in [6, 6.07) is 18.0. The van der Waals surface area contributed by atoms with Crippen molar-refractivity contribution in [2.24, 2.45) is 0 Å². The van der Waals surface area contributed by atoms with Crippen LogP contribution in [-0.4, -0.2) is 20.1 Å². The number of methoxy groups -OCH3 is 1. The molecule has 0 fully saturated rings. The van der Waals surface area contributed by atoms with Crippen molar-refractivity contribution in [3.05, 3.63) is 71.8 Å². The van der Waals surface area contributed by atoms with Crippen LogP contribution in [-0.2, 0) is 10.1 Å². The van der Waals surface area contributed by atoms with Crippen LogP contribution in [0.25, 0.3) is 22.3 Å².